The van der Waals surface area contributed by atoms with Gasteiger partial charge in [0.05, 0.1) is 18.0 Å². The summed E-state index contributed by atoms with van der Waals surface area (Å²) in [6, 6.07) is 4.44. The fourth-order valence-electron chi connectivity index (χ4n) is 2.41. The number of hydrogen-bond donors (Lipinski definition) is 2. The molecule has 1 aromatic carbocycles. The van der Waals surface area contributed by atoms with Crippen LogP contribution in [0.2, 0.25) is 0 Å². The van der Waals surface area contributed by atoms with Crippen molar-refractivity contribution in [3.63, 3.8) is 0 Å². The van der Waals surface area contributed by atoms with Gasteiger partial charge in [-0.15, -0.1) is 0 Å². The normalized spacial score (nSPS) is 22.5. The summed E-state index contributed by atoms with van der Waals surface area (Å²) in [5.74, 6) is -1.73. The Bertz CT molecular complexity index is 559. The fourth-order valence-corrected chi connectivity index (χ4v) is 2.41. The van der Waals surface area contributed by atoms with E-state index >= 15 is 0 Å². The molecule has 1 heterocycles. The lowest BCUT2D eigenvalue weighted by molar-refractivity contribution is -0.119. The summed E-state index contributed by atoms with van der Waals surface area (Å²) >= 11 is 0. The fraction of sp³-hybridized carbons (Fsp3) is 0.429. The minimum absolute atomic E-state index is 0.205. The van der Waals surface area contributed by atoms with Crippen molar-refractivity contribution in [2.24, 2.45) is 5.92 Å². The first kappa shape index (κ1) is 14.3. The highest BCUT2D eigenvalue weighted by Gasteiger charge is 2.34. The Hall–Kier alpha value is -2.13. The second-order valence-corrected chi connectivity index (χ2v) is 5.15. The molecular formula is C14H16FN3O2. The average Bonchev–Trinajstić information content (AvgIpc) is 2.75. The van der Waals surface area contributed by atoms with E-state index in [1.165, 1.54) is 12.1 Å². The van der Waals surface area contributed by atoms with Gasteiger partial charge in [0.2, 0.25) is 5.91 Å². The van der Waals surface area contributed by atoms with Crippen molar-refractivity contribution in [1.29, 1.82) is 5.26 Å². The van der Waals surface area contributed by atoms with E-state index < -0.39 is 5.82 Å². The minimum atomic E-state index is -0.668. The third-order valence-electron chi connectivity index (χ3n) is 3.53. The molecule has 2 rings (SSSR count). The number of phenolic OH excluding ortho intramolecular Hbond substituents is 1. The van der Waals surface area contributed by atoms with Crippen LogP contribution in [0.5, 0.6) is 5.75 Å². The van der Waals surface area contributed by atoms with Crippen LogP contribution in [-0.2, 0) is 4.79 Å². The van der Waals surface area contributed by atoms with Gasteiger partial charge in [-0.25, -0.2) is 4.39 Å². The summed E-state index contributed by atoms with van der Waals surface area (Å²) in [4.78, 5) is 13.9. The summed E-state index contributed by atoms with van der Waals surface area (Å²) in [7, 11) is 1.77. The second-order valence-electron chi connectivity index (χ2n) is 5.15. The van der Waals surface area contributed by atoms with E-state index in [4.69, 9.17) is 5.26 Å². The van der Waals surface area contributed by atoms with Gasteiger partial charge in [0.25, 0.3) is 0 Å². The van der Waals surface area contributed by atoms with Crippen LogP contribution in [0, 0.1) is 30.0 Å². The Morgan fingerprint density at radius 1 is 1.60 bits per heavy atom. The van der Waals surface area contributed by atoms with Crippen LogP contribution in [0.25, 0.3) is 0 Å². The van der Waals surface area contributed by atoms with Gasteiger partial charge in [-0.3, -0.25) is 9.69 Å². The van der Waals surface area contributed by atoms with Crippen LogP contribution in [-0.4, -0.2) is 35.5 Å². The second kappa shape index (κ2) is 5.47. The van der Waals surface area contributed by atoms with Gasteiger partial charge in [-0.1, -0.05) is 0 Å². The lowest BCUT2D eigenvalue weighted by atomic mass is 10.0. The van der Waals surface area contributed by atoms with Crippen molar-refractivity contribution < 1.29 is 14.3 Å². The quantitative estimate of drug-likeness (QED) is 0.805. The molecule has 1 fully saturated rings. The zero-order valence-corrected chi connectivity index (χ0v) is 11.4. The molecule has 2 unspecified atom stereocenters. The number of phenols is 1. The average molecular weight is 277 g/mol. The van der Waals surface area contributed by atoms with Crippen molar-refractivity contribution in [2.45, 2.75) is 19.4 Å². The predicted molar refractivity (Wildman–Crippen MR) is 71.6 cm³/mol. The Morgan fingerprint density at radius 3 is 2.85 bits per heavy atom. The van der Waals surface area contributed by atoms with Gasteiger partial charge in [-0.05, 0) is 38.1 Å². The van der Waals surface area contributed by atoms with Gasteiger partial charge in [-0.2, -0.15) is 5.26 Å². The lowest BCUT2D eigenvalue weighted by Crippen LogP contribution is -2.26. The van der Waals surface area contributed by atoms with Gasteiger partial charge in [0, 0.05) is 6.54 Å². The largest absolute Gasteiger partial charge is 0.506 e. The molecule has 1 aromatic rings. The van der Waals surface area contributed by atoms with Gasteiger partial charge < -0.3 is 10.4 Å². The predicted octanol–water partition coefficient (Wildman–Crippen LogP) is 1.62. The number of aromatic hydroxyl groups is 1. The van der Waals surface area contributed by atoms with E-state index in [-0.39, 0.29) is 29.3 Å². The van der Waals surface area contributed by atoms with Crippen LogP contribution < -0.4 is 5.32 Å². The van der Waals surface area contributed by atoms with Crippen LogP contribution in [0.15, 0.2) is 12.1 Å². The Kier molecular flexibility index (Phi) is 3.91. The summed E-state index contributed by atoms with van der Waals surface area (Å²) in [5.41, 5.74) is 0.367. The molecule has 106 valence electrons. The van der Waals surface area contributed by atoms with E-state index in [9.17, 15) is 14.3 Å². The standard InChI is InChI=1S/C14H16FN3O2/c1-8-3-11(15)13(12(19)4-8)17-14(20)9-5-10(6-16)18(2)7-9/h3-4,9-10,19H,5,7H2,1-2H3,(H,17,20). The number of carbonyl (C=O) groups is 1. The number of nitriles is 1. The smallest absolute Gasteiger partial charge is 0.229 e. The number of nitrogens with zero attached hydrogens (tertiary/aromatic N) is 2. The number of hydrogen-bond acceptors (Lipinski definition) is 4. The van der Waals surface area contributed by atoms with E-state index in [2.05, 4.69) is 11.4 Å². The molecule has 0 saturated carbocycles. The first-order valence-electron chi connectivity index (χ1n) is 6.32. The van der Waals surface area contributed by atoms with Crippen LogP contribution >= 0.6 is 0 Å². The highest BCUT2D eigenvalue weighted by atomic mass is 19.1. The number of benzene rings is 1. The summed E-state index contributed by atoms with van der Waals surface area (Å²) in [6.07, 6.45) is 0.410. The number of rotatable bonds is 2. The number of amides is 1. The van der Waals surface area contributed by atoms with Crippen LogP contribution in [0.4, 0.5) is 10.1 Å². The Morgan fingerprint density at radius 2 is 2.30 bits per heavy atom. The highest BCUT2D eigenvalue weighted by Crippen LogP contribution is 2.30. The number of aryl methyl sites for hydroxylation is 1. The molecule has 0 aliphatic carbocycles. The van der Waals surface area contributed by atoms with Crippen molar-refractivity contribution in [3.05, 3.63) is 23.5 Å². The molecule has 0 bridgehead atoms. The van der Waals surface area contributed by atoms with Crippen molar-refractivity contribution >= 4 is 11.6 Å². The lowest BCUT2D eigenvalue weighted by Gasteiger charge is -2.13. The molecular weight excluding hydrogens is 261 g/mol. The summed E-state index contributed by atoms with van der Waals surface area (Å²) in [5, 5.41) is 21.0. The molecule has 20 heavy (non-hydrogen) atoms. The highest BCUT2D eigenvalue weighted by molar-refractivity contribution is 5.94. The number of halogens is 1. The number of carbonyl (C=O) groups excluding carboxylic acids is 1. The SMILES string of the molecule is Cc1cc(O)c(NC(=O)C2CC(C#N)N(C)C2)c(F)c1. The molecule has 2 N–H and O–H groups in total. The number of nitrogens with one attached hydrogen (secondary N) is 1. The maximum Gasteiger partial charge on any atom is 0.229 e. The molecule has 1 aliphatic heterocycles. The maximum atomic E-state index is 13.7. The zero-order valence-electron chi connectivity index (χ0n) is 11.4. The molecule has 2 atom stereocenters. The van der Waals surface area contributed by atoms with Crippen LogP contribution in [0.3, 0.4) is 0 Å². The van der Waals surface area contributed by atoms with Gasteiger partial charge >= 0.3 is 0 Å². The van der Waals surface area contributed by atoms with Gasteiger partial charge in [0.15, 0.2) is 5.82 Å². The van der Waals surface area contributed by atoms with Crippen molar-refractivity contribution in [1.82, 2.24) is 4.90 Å². The molecule has 0 radical (unpaired) electrons. The number of anilines is 1. The maximum absolute atomic E-state index is 13.7. The first-order chi connectivity index (χ1) is 9.42. The summed E-state index contributed by atoms with van der Waals surface area (Å²) < 4.78 is 13.7. The zero-order chi connectivity index (χ0) is 14.9. The summed E-state index contributed by atoms with van der Waals surface area (Å²) in [6.45, 7) is 2.09. The van der Waals surface area contributed by atoms with Crippen molar-refractivity contribution in [3.8, 4) is 11.8 Å². The van der Waals surface area contributed by atoms with Gasteiger partial charge in [0.1, 0.15) is 11.4 Å². The third kappa shape index (κ3) is 2.73. The van der Waals surface area contributed by atoms with E-state index in [1.807, 2.05) is 0 Å². The minimum Gasteiger partial charge on any atom is -0.506 e. The first-order valence-corrected chi connectivity index (χ1v) is 6.32. The molecule has 0 aromatic heterocycles. The monoisotopic (exact) mass is 277 g/mol. The van der Waals surface area contributed by atoms with Crippen LogP contribution in [0.1, 0.15) is 12.0 Å². The number of likely N-dealkylation sites (tertiary alicyclic amines) is 1. The van der Waals surface area contributed by atoms with E-state index in [0.29, 0.717) is 18.5 Å². The molecule has 1 aliphatic rings. The van der Waals surface area contributed by atoms with E-state index in [1.54, 1.807) is 18.9 Å². The molecule has 1 amide bonds. The van der Waals surface area contributed by atoms with E-state index in [0.717, 1.165) is 0 Å². The third-order valence-corrected chi connectivity index (χ3v) is 3.53. The molecule has 1 saturated heterocycles. The molecule has 0 spiro atoms. The molecule has 6 heteroatoms. The Labute approximate surface area is 116 Å². The topological polar surface area (TPSA) is 76.4 Å². The van der Waals surface area contributed by atoms with Crippen molar-refractivity contribution in [2.75, 3.05) is 18.9 Å². The molecule has 5 nitrogen and oxygen atoms in total. The Balaban J connectivity index is 2.12.